The largest absolute Gasteiger partial charge is 0.344 e. The Balaban J connectivity index is 1.71. The average molecular weight is 408 g/mol. The minimum Gasteiger partial charge on any atom is -0.333 e. The van der Waals surface area contributed by atoms with Gasteiger partial charge in [-0.15, -0.1) is 4.40 Å². The number of aryl methyl sites for hydroxylation is 2. The Hall–Kier alpha value is -3.26. The highest BCUT2D eigenvalue weighted by atomic mass is 32.2. The summed E-state index contributed by atoms with van der Waals surface area (Å²) in [4.78, 5) is 4.43. The molecule has 0 bridgehead atoms. The van der Waals surface area contributed by atoms with E-state index >= 15 is 0 Å². The highest BCUT2D eigenvalue weighted by molar-refractivity contribution is 7.88. The number of aromatic nitrogens is 2. The summed E-state index contributed by atoms with van der Waals surface area (Å²) in [5.41, 5.74) is 4.59. The fourth-order valence-electron chi connectivity index (χ4n) is 3.09. The Labute approximate surface area is 169 Å². The molecule has 0 radical (unpaired) electrons. The molecule has 0 atom stereocenters. The molecule has 4 rings (SSSR count). The minimum atomic E-state index is -3.83. The Morgan fingerprint density at radius 2 is 1.79 bits per heavy atom. The highest BCUT2D eigenvalue weighted by Crippen LogP contribution is 2.27. The van der Waals surface area contributed by atoms with Gasteiger partial charge in [0.25, 0.3) is 5.89 Å². The number of hydrogen-bond acceptors (Lipinski definition) is 5. The van der Waals surface area contributed by atoms with Gasteiger partial charge >= 0.3 is 10.2 Å². The highest BCUT2D eigenvalue weighted by Gasteiger charge is 2.28. The van der Waals surface area contributed by atoms with Gasteiger partial charge in [-0.25, -0.2) is 0 Å². The van der Waals surface area contributed by atoms with E-state index in [0.29, 0.717) is 17.1 Å². The molecule has 2 heterocycles. The number of rotatable bonds is 4. The molecule has 0 N–H and O–H groups in total. The third kappa shape index (κ3) is 3.84. The molecule has 0 spiro atoms. The third-order valence-corrected chi connectivity index (χ3v) is 6.06. The normalized spacial score (nSPS) is 15.8. The van der Waals surface area contributed by atoms with Crippen molar-refractivity contribution in [2.45, 2.75) is 27.3 Å². The fourth-order valence-corrected chi connectivity index (χ4v) is 4.18. The quantitative estimate of drug-likeness (QED) is 0.653. The van der Waals surface area contributed by atoms with Gasteiger partial charge in [-0.1, -0.05) is 59.3 Å². The van der Waals surface area contributed by atoms with Crippen LogP contribution in [0.15, 0.2) is 63.7 Å². The third-order valence-electron chi connectivity index (χ3n) is 4.73. The predicted octanol–water partition coefficient (Wildman–Crippen LogP) is 3.92. The first-order valence-electron chi connectivity index (χ1n) is 9.09. The van der Waals surface area contributed by atoms with Gasteiger partial charge in [-0.2, -0.15) is 13.4 Å². The van der Waals surface area contributed by atoms with E-state index < -0.39 is 10.2 Å². The number of hydrogen-bond donors (Lipinski definition) is 0. The number of allylic oxidation sites excluding steroid dienone is 1. The minimum absolute atomic E-state index is 0.176. The first kappa shape index (κ1) is 19.1. The lowest BCUT2D eigenvalue weighted by Crippen LogP contribution is -2.29. The lowest BCUT2D eigenvalue weighted by atomic mass is 10.1. The smallest absolute Gasteiger partial charge is 0.333 e. The molecule has 148 valence electrons. The zero-order valence-electron chi connectivity index (χ0n) is 16.3. The molecular weight excluding hydrogens is 388 g/mol. The zero-order chi connectivity index (χ0) is 20.6. The maximum absolute atomic E-state index is 12.6. The first-order valence-corrected chi connectivity index (χ1v) is 10.5. The van der Waals surface area contributed by atoms with Crippen molar-refractivity contribution in [2.24, 2.45) is 4.40 Å². The van der Waals surface area contributed by atoms with Crippen molar-refractivity contribution in [2.75, 3.05) is 0 Å². The van der Waals surface area contributed by atoms with Gasteiger partial charge in [-0.05, 0) is 31.9 Å². The summed E-state index contributed by atoms with van der Waals surface area (Å²) in [6.45, 7) is 5.72. The second-order valence-electron chi connectivity index (χ2n) is 6.96. The molecule has 0 unspecified atom stereocenters. The van der Waals surface area contributed by atoms with Crippen LogP contribution < -0.4 is 0 Å². The van der Waals surface area contributed by atoms with Crippen LogP contribution in [0.3, 0.4) is 0 Å². The fraction of sp³-hybridized carbons (Fsp3) is 0.190. The van der Waals surface area contributed by atoms with E-state index in [1.165, 1.54) is 10.5 Å². The SMILES string of the molecule is CC1=NS(=O)(=O)N(Cc2cc(C)ccc2C)C=C1c1nc(-c2ccccc2)no1. The molecule has 8 heteroatoms. The maximum atomic E-state index is 12.6. The second kappa shape index (κ2) is 7.29. The van der Waals surface area contributed by atoms with E-state index in [9.17, 15) is 8.42 Å². The Kier molecular flexibility index (Phi) is 4.79. The topological polar surface area (TPSA) is 88.7 Å². The summed E-state index contributed by atoms with van der Waals surface area (Å²) in [5.74, 6) is 0.662. The molecule has 29 heavy (non-hydrogen) atoms. The summed E-state index contributed by atoms with van der Waals surface area (Å²) < 4.78 is 35.8. The molecule has 0 aliphatic carbocycles. The standard InChI is InChI=1S/C21H20N4O3S/c1-14-9-10-15(2)18(11-14)12-25-13-19(16(3)24-29(25,26)27)21-22-20(23-28-21)17-7-5-4-6-8-17/h4-11,13H,12H2,1-3H3. The molecule has 0 saturated heterocycles. The van der Waals surface area contributed by atoms with Gasteiger partial charge in [0, 0.05) is 11.8 Å². The van der Waals surface area contributed by atoms with Crippen molar-refractivity contribution in [3.63, 3.8) is 0 Å². The van der Waals surface area contributed by atoms with Crippen molar-refractivity contribution in [1.29, 1.82) is 0 Å². The lowest BCUT2D eigenvalue weighted by Gasteiger charge is -2.23. The molecule has 1 aliphatic heterocycles. The van der Waals surface area contributed by atoms with Gasteiger partial charge in [0.2, 0.25) is 5.82 Å². The van der Waals surface area contributed by atoms with Gasteiger partial charge in [0.1, 0.15) is 0 Å². The molecule has 2 aromatic carbocycles. The molecular formula is C21H20N4O3S. The van der Waals surface area contributed by atoms with Crippen molar-refractivity contribution in [1.82, 2.24) is 14.4 Å². The van der Waals surface area contributed by atoms with E-state index in [1.54, 1.807) is 6.92 Å². The van der Waals surface area contributed by atoms with Crippen LogP contribution >= 0.6 is 0 Å². The second-order valence-corrected chi connectivity index (χ2v) is 8.51. The van der Waals surface area contributed by atoms with E-state index in [1.807, 2.05) is 62.4 Å². The van der Waals surface area contributed by atoms with Crippen LogP contribution in [-0.4, -0.2) is 28.6 Å². The number of benzene rings is 2. The molecule has 7 nitrogen and oxygen atoms in total. The maximum Gasteiger partial charge on any atom is 0.344 e. The van der Waals surface area contributed by atoms with Crippen molar-refractivity contribution in [3.8, 4) is 11.4 Å². The van der Waals surface area contributed by atoms with Crippen LogP contribution in [0.2, 0.25) is 0 Å². The summed E-state index contributed by atoms with van der Waals surface area (Å²) in [6, 6.07) is 15.4. The molecule has 0 amide bonds. The summed E-state index contributed by atoms with van der Waals surface area (Å²) in [6.07, 6.45) is 1.52. The van der Waals surface area contributed by atoms with Crippen molar-refractivity contribution in [3.05, 3.63) is 77.3 Å². The van der Waals surface area contributed by atoms with Crippen molar-refractivity contribution < 1.29 is 12.9 Å². The van der Waals surface area contributed by atoms with Crippen LogP contribution in [0, 0.1) is 13.8 Å². The monoisotopic (exact) mass is 408 g/mol. The first-order chi connectivity index (χ1) is 13.8. The van der Waals surface area contributed by atoms with Crippen LogP contribution in [-0.2, 0) is 16.8 Å². The van der Waals surface area contributed by atoms with Gasteiger partial charge in [-0.3, -0.25) is 4.31 Å². The number of nitrogens with zero attached hydrogens (tertiary/aromatic N) is 4. The molecule has 1 aliphatic rings. The lowest BCUT2D eigenvalue weighted by molar-refractivity contribution is 0.408. The average Bonchev–Trinajstić information content (AvgIpc) is 3.17. The molecule has 3 aromatic rings. The van der Waals surface area contributed by atoms with Crippen molar-refractivity contribution >= 4 is 21.5 Å². The molecule has 1 aromatic heterocycles. The van der Waals surface area contributed by atoms with E-state index in [0.717, 1.165) is 22.3 Å². The van der Waals surface area contributed by atoms with E-state index in [2.05, 4.69) is 14.5 Å². The van der Waals surface area contributed by atoms with E-state index in [4.69, 9.17) is 4.52 Å². The Morgan fingerprint density at radius 1 is 1.03 bits per heavy atom. The Morgan fingerprint density at radius 3 is 2.55 bits per heavy atom. The van der Waals surface area contributed by atoms with Gasteiger partial charge in [0.15, 0.2) is 0 Å². The van der Waals surface area contributed by atoms with Gasteiger partial charge in [0.05, 0.1) is 17.8 Å². The summed E-state index contributed by atoms with van der Waals surface area (Å²) in [5, 5.41) is 4.02. The predicted molar refractivity (Wildman–Crippen MR) is 111 cm³/mol. The Bertz CT molecular complexity index is 1230. The van der Waals surface area contributed by atoms with Crippen LogP contribution in [0.25, 0.3) is 17.0 Å². The van der Waals surface area contributed by atoms with Gasteiger partial charge < -0.3 is 4.52 Å². The summed E-state index contributed by atoms with van der Waals surface area (Å²) in [7, 11) is -3.83. The van der Waals surface area contributed by atoms with Crippen LogP contribution in [0.1, 0.15) is 29.5 Å². The van der Waals surface area contributed by atoms with Crippen LogP contribution in [0.5, 0.6) is 0 Å². The molecule has 0 fully saturated rings. The zero-order valence-corrected chi connectivity index (χ0v) is 17.1. The molecule has 0 saturated carbocycles. The van der Waals surface area contributed by atoms with Crippen LogP contribution in [0.4, 0.5) is 0 Å². The van der Waals surface area contributed by atoms with E-state index in [-0.39, 0.29) is 12.4 Å². The summed E-state index contributed by atoms with van der Waals surface area (Å²) >= 11 is 0.